The summed E-state index contributed by atoms with van der Waals surface area (Å²) in [5.41, 5.74) is 1.20. The molecular weight excluding hydrogens is 265 g/mol. The molecule has 2 aromatic carbocycles. The Morgan fingerprint density at radius 1 is 1.00 bits per heavy atom. The smallest absolute Gasteiger partial charge is 0.246 e. The Labute approximate surface area is 123 Å². The molecule has 3 rings (SSSR count). The van der Waals surface area contributed by atoms with E-state index < -0.39 is 11.4 Å². The van der Waals surface area contributed by atoms with Gasteiger partial charge in [0.2, 0.25) is 0 Å². The zero-order valence-corrected chi connectivity index (χ0v) is 11.2. The molecule has 104 valence electrons. The van der Waals surface area contributed by atoms with Crippen LogP contribution in [0.15, 0.2) is 64.2 Å². The minimum atomic E-state index is -0.444. The molecule has 0 unspecified atom stereocenters. The lowest BCUT2D eigenvalue weighted by Gasteiger charge is -2.01. The summed E-state index contributed by atoms with van der Waals surface area (Å²) >= 11 is 0. The number of nitrogens with zero attached hydrogens (tertiary/aromatic N) is 2. The van der Waals surface area contributed by atoms with Crippen molar-refractivity contribution in [1.82, 2.24) is 14.3 Å². The second kappa shape index (κ2) is 5.32. The number of aromatic amines is 1. The van der Waals surface area contributed by atoms with Gasteiger partial charge in [-0.2, -0.15) is 0 Å². The van der Waals surface area contributed by atoms with E-state index in [9.17, 15) is 9.59 Å². The highest BCUT2D eigenvalue weighted by molar-refractivity contribution is 6.32. The summed E-state index contributed by atoms with van der Waals surface area (Å²) in [7, 11) is 5.62. The lowest BCUT2D eigenvalue weighted by molar-refractivity contribution is 0.723. The third-order valence-electron chi connectivity index (χ3n) is 3.21. The molecule has 0 aliphatic carbocycles. The van der Waals surface area contributed by atoms with Crippen LogP contribution in [0.1, 0.15) is 6.99 Å². The van der Waals surface area contributed by atoms with Crippen molar-refractivity contribution in [1.29, 1.82) is 0 Å². The fraction of sp³-hybridized carbons (Fsp3) is 0.0667. The van der Waals surface area contributed by atoms with E-state index in [2.05, 4.69) is 5.10 Å². The van der Waals surface area contributed by atoms with Gasteiger partial charge in [-0.05, 0) is 17.7 Å². The van der Waals surface area contributed by atoms with Crippen molar-refractivity contribution in [2.75, 3.05) is 0 Å². The van der Waals surface area contributed by atoms with E-state index in [4.69, 9.17) is 7.85 Å². The van der Waals surface area contributed by atoms with Gasteiger partial charge in [0.1, 0.15) is 7.85 Å². The summed E-state index contributed by atoms with van der Waals surface area (Å²) in [5, 5.41) is 2.54. The third kappa shape index (κ3) is 2.60. The summed E-state index contributed by atoms with van der Waals surface area (Å²) in [4.78, 5) is 24.3. The van der Waals surface area contributed by atoms with E-state index >= 15 is 0 Å². The Balaban J connectivity index is 0.00000176. The quantitative estimate of drug-likeness (QED) is 0.706. The molecule has 0 amide bonds. The minimum Gasteiger partial charge on any atom is -0.246 e. The Morgan fingerprint density at radius 2 is 1.67 bits per heavy atom. The molecule has 1 heterocycles. The first-order chi connectivity index (χ1) is 10.1. The average molecular weight is 279 g/mol. The van der Waals surface area contributed by atoms with Crippen LogP contribution in [0.25, 0.3) is 5.69 Å². The Hall–Kier alpha value is -2.76. The number of aromatic nitrogens is 3. The maximum atomic E-state index is 12.3. The van der Waals surface area contributed by atoms with Gasteiger partial charge in [-0.15, -0.1) is 0 Å². The molecule has 3 aromatic rings. The molecule has 0 atom stereocenters. The summed E-state index contributed by atoms with van der Waals surface area (Å²) in [6.45, 7) is 0.233. The van der Waals surface area contributed by atoms with Crippen LogP contribution in [0, 0.1) is 0 Å². The van der Waals surface area contributed by atoms with Crippen LogP contribution in [0.5, 0.6) is 0 Å². The third-order valence-corrected chi connectivity index (χ3v) is 3.21. The normalized spacial score (nSPS) is 10.7. The van der Waals surface area contributed by atoms with Gasteiger partial charge >= 0.3 is 11.4 Å². The molecule has 0 saturated heterocycles. The summed E-state index contributed by atoms with van der Waals surface area (Å²) < 4.78 is 2.37. The van der Waals surface area contributed by atoms with Crippen molar-refractivity contribution in [2.45, 2.75) is 6.54 Å². The molecule has 0 saturated carbocycles. The van der Waals surface area contributed by atoms with Crippen LogP contribution in [-0.4, -0.2) is 22.2 Å². The first kappa shape index (κ1) is 13.2. The van der Waals surface area contributed by atoms with E-state index in [0.29, 0.717) is 11.2 Å². The van der Waals surface area contributed by atoms with Gasteiger partial charge in [0.05, 0.1) is 12.2 Å². The highest BCUT2D eigenvalue weighted by Crippen LogP contribution is 2.01. The van der Waals surface area contributed by atoms with Crippen molar-refractivity contribution >= 4 is 13.3 Å². The van der Waals surface area contributed by atoms with Gasteiger partial charge in [-0.1, -0.05) is 47.9 Å². The zero-order chi connectivity index (χ0) is 14.8. The lowest BCUT2D eigenvalue weighted by Crippen LogP contribution is -2.29. The molecule has 0 spiro atoms. The molecule has 0 aliphatic rings. The van der Waals surface area contributed by atoms with Crippen molar-refractivity contribution < 1.29 is 1.43 Å². The van der Waals surface area contributed by atoms with E-state index in [1.807, 2.05) is 30.3 Å². The minimum absolute atomic E-state index is 0. The van der Waals surface area contributed by atoms with Crippen molar-refractivity contribution in [3.63, 3.8) is 0 Å². The molecule has 0 fully saturated rings. The maximum Gasteiger partial charge on any atom is 0.352 e. The van der Waals surface area contributed by atoms with Crippen LogP contribution < -0.4 is 16.8 Å². The van der Waals surface area contributed by atoms with Gasteiger partial charge in [-0.25, -0.2) is 23.9 Å². The fourth-order valence-corrected chi connectivity index (χ4v) is 2.12. The van der Waals surface area contributed by atoms with Crippen LogP contribution in [-0.2, 0) is 6.54 Å². The number of hydrogen-bond donors (Lipinski definition) is 1. The predicted molar refractivity (Wildman–Crippen MR) is 83.7 cm³/mol. The monoisotopic (exact) mass is 279 g/mol. The van der Waals surface area contributed by atoms with Gasteiger partial charge in [0.25, 0.3) is 0 Å². The molecular formula is C15H14BN3O2. The molecule has 21 heavy (non-hydrogen) atoms. The molecule has 2 radical (unpaired) electrons. The number of hydrogen-bond acceptors (Lipinski definition) is 2. The second-order valence-electron chi connectivity index (χ2n) is 4.70. The molecule has 0 aliphatic heterocycles. The SMILES string of the molecule is [B]c1ccc(-n2[nH]c(=O)n(Cc3ccccc3)c2=O)cc1.[HH]. The van der Waals surface area contributed by atoms with Crippen molar-refractivity contribution in [2.24, 2.45) is 0 Å². The first-order valence-corrected chi connectivity index (χ1v) is 6.47. The number of benzene rings is 2. The molecule has 1 N–H and O–H groups in total. The van der Waals surface area contributed by atoms with Gasteiger partial charge in [0, 0.05) is 1.43 Å². The summed E-state index contributed by atoms with van der Waals surface area (Å²) in [6, 6.07) is 16.1. The Kier molecular flexibility index (Phi) is 3.35. The topological polar surface area (TPSA) is 59.8 Å². The fourth-order valence-electron chi connectivity index (χ4n) is 2.12. The maximum absolute atomic E-state index is 12.3. The van der Waals surface area contributed by atoms with Crippen molar-refractivity contribution in [3.8, 4) is 5.69 Å². The van der Waals surface area contributed by atoms with E-state index in [1.54, 1.807) is 24.3 Å². The van der Waals surface area contributed by atoms with E-state index in [0.717, 1.165) is 10.1 Å². The molecule has 0 bridgehead atoms. The Bertz CT molecular complexity index is 866. The Morgan fingerprint density at radius 3 is 2.33 bits per heavy atom. The second-order valence-corrected chi connectivity index (χ2v) is 4.70. The predicted octanol–water partition coefficient (Wildman–Crippen LogP) is 0.415. The largest absolute Gasteiger partial charge is 0.352 e. The van der Waals surface area contributed by atoms with Crippen LogP contribution in [0.2, 0.25) is 0 Å². The van der Waals surface area contributed by atoms with Gasteiger partial charge in [-0.3, -0.25) is 0 Å². The number of nitrogens with one attached hydrogen (secondary N) is 1. The average Bonchev–Trinajstić information content (AvgIpc) is 2.77. The summed E-state index contributed by atoms with van der Waals surface area (Å²) in [5.74, 6) is 0. The summed E-state index contributed by atoms with van der Waals surface area (Å²) in [6.07, 6.45) is 0. The van der Waals surface area contributed by atoms with Crippen LogP contribution >= 0.6 is 0 Å². The highest BCUT2D eigenvalue weighted by Gasteiger charge is 2.10. The standard InChI is InChI=1S/C15H12BN3O2.H2/c16-12-6-8-13(9-7-12)19-15(21)18(14(20)17-19)10-11-4-2-1-3-5-11;/h1-9H,10H2,(H,17,20);1H. The van der Waals surface area contributed by atoms with Crippen LogP contribution in [0.3, 0.4) is 0 Å². The van der Waals surface area contributed by atoms with Gasteiger partial charge in [0.15, 0.2) is 0 Å². The number of H-pyrrole nitrogens is 1. The molecule has 5 nitrogen and oxygen atoms in total. The molecule has 6 heteroatoms. The highest BCUT2D eigenvalue weighted by atomic mass is 16.2. The van der Waals surface area contributed by atoms with Crippen molar-refractivity contribution in [3.05, 3.63) is 81.1 Å². The molecule has 1 aromatic heterocycles. The van der Waals surface area contributed by atoms with E-state index in [-0.39, 0.29) is 7.97 Å². The first-order valence-electron chi connectivity index (χ1n) is 6.47. The van der Waals surface area contributed by atoms with Gasteiger partial charge < -0.3 is 0 Å². The van der Waals surface area contributed by atoms with Crippen LogP contribution in [0.4, 0.5) is 0 Å². The zero-order valence-electron chi connectivity index (χ0n) is 11.2. The lowest BCUT2D eigenvalue weighted by atomic mass is 9.96. The number of rotatable bonds is 3. The van der Waals surface area contributed by atoms with E-state index in [1.165, 1.54) is 4.68 Å².